The molecule has 0 fully saturated rings. The van der Waals surface area contributed by atoms with E-state index in [1.807, 2.05) is 0 Å². The van der Waals surface area contributed by atoms with Gasteiger partial charge in [-0.05, 0) is 41.3 Å². The molecule has 0 spiro atoms. The number of rotatable bonds is 2. The number of aryl methyl sites for hydroxylation is 1. The van der Waals surface area contributed by atoms with Crippen LogP contribution in [0.2, 0.25) is 0 Å². The van der Waals surface area contributed by atoms with Crippen molar-refractivity contribution in [1.82, 2.24) is 0 Å². The molecule has 0 amide bonds. The van der Waals surface area contributed by atoms with E-state index in [9.17, 15) is 0 Å². The summed E-state index contributed by atoms with van der Waals surface area (Å²) in [7, 11) is 0. The molecule has 1 nitrogen and oxygen atoms in total. The average Bonchev–Trinajstić information content (AvgIpc) is 3.03. The first-order valence-corrected chi connectivity index (χ1v) is 7.73. The summed E-state index contributed by atoms with van der Waals surface area (Å²) in [5, 5.41) is 0. The van der Waals surface area contributed by atoms with E-state index in [2.05, 4.69) is 73.7 Å². The van der Waals surface area contributed by atoms with E-state index in [0.717, 1.165) is 18.8 Å². The van der Waals surface area contributed by atoms with Gasteiger partial charge in [0.15, 0.2) is 0 Å². The van der Waals surface area contributed by atoms with Crippen LogP contribution in [0.3, 0.4) is 0 Å². The van der Waals surface area contributed by atoms with Gasteiger partial charge in [-0.15, -0.1) is 0 Å². The zero-order chi connectivity index (χ0) is 14.9. The SMILES string of the molecule is Cc1cccc(-c2cc(-c3ccccc3)cc3c2OCC3)c1. The zero-order valence-corrected chi connectivity index (χ0v) is 12.7. The second-order valence-corrected chi connectivity index (χ2v) is 5.85. The third kappa shape index (κ3) is 2.29. The first-order valence-electron chi connectivity index (χ1n) is 7.73. The van der Waals surface area contributed by atoms with Crippen molar-refractivity contribution in [3.8, 4) is 28.0 Å². The molecule has 3 aromatic carbocycles. The Bertz CT molecular complexity index is 819. The van der Waals surface area contributed by atoms with Crippen LogP contribution < -0.4 is 4.74 Å². The van der Waals surface area contributed by atoms with Gasteiger partial charge in [0.2, 0.25) is 0 Å². The van der Waals surface area contributed by atoms with Crippen LogP contribution in [0.4, 0.5) is 0 Å². The minimum Gasteiger partial charge on any atom is -0.492 e. The molecule has 108 valence electrons. The Morgan fingerprint density at radius 2 is 1.59 bits per heavy atom. The molecule has 0 unspecified atom stereocenters. The van der Waals surface area contributed by atoms with Gasteiger partial charge < -0.3 is 4.74 Å². The van der Waals surface area contributed by atoms with Crippen molar-refractivity contribution in [2.24, 2.45) is 0 Å². The number of fused-ring (bicyclic) bond motifs is 1. The molecule has 0 bridgehead atoms. The molecule has 1 aliphatic rings. The van der Waals surface area contributed by atoms with Crippen LogP contribution in [0.5, 0.6) is 5.75 Å². The van der Waals surface area contributed by atoms with Crippen molar-refractivity contribution in [2.45, 2.75) is 13.3 Å². The molecule has 1 aliphatic heterocycles. The molecule has 22 heavy (non-hydrogen) atoms. The fraction of sp³-hybridized carbons (Fsp3) is 0.143. The standard InChI is InChI=1S/C21H18O/c1-15-6-5-9-17(12-15)20-14-19(16-7-3-2-4-8-16)13-18-10-11-22-21(18)20/h2-9,12-14H,10-11H2,1H3. The van der Waals surface area contributed by atoms with Crippen LogP contribution in [-0.2, 0) is 6.42 Å². The minimum atomic E-state index is 0.784. The van der Waals surface area contributed by atoms with E-state index in [4.69, 9.17) is 4.74 Å². The lowest BCUT2D eigenvalue weighted by Gasteiger charge is -2.12. The summed E-state index contributed by atoms with van der Waals surface area (Å²) in [6, 6.07) is 23.7. The summed E-state index contributed by atoms with van der Waals surface area (Å²) in [5.41, 5.74) is 7.55. The molecule has 0 radical (unpaired) electrons. The van der Waals surface area contributed by atoms with E-state index < -0.39 is 0 Å². The maximum Gasteiger partial charge on any atom is 0.130 e. The van der Waals surface area contributed by atoms with E-state index in [0.29, 0.717) is 0 Å². The smallest absolute Gasteiger partial charge is 0.130 e. The monoisotopic (exact) mass is 286 g/mol. The van der Waals surface area contributed by atoms with Crippen LogP contribution in [0.1, 0.15) is 11.1 Å². The summed E-state index contributed by atoms with van der Waals surface area (Å²) >= 11 is 0. The average molecular weight is 286 g/mol. The van der Waals surface area contributed by atoms with Gasteiger partial charge in [0.05, 0.1) is 6.61 Å². The summed E-state index contributed by atoms with van der Waals surface area (Å²) < 4.78 is 5.91. The Balaban J connectivity index is 1.92. The number of ether oxygens (including phenoxy) is 1. The summed E-state index contributed by atoms with van der Waals surface area (Å²) in [4.78, 5) is 0. The molecular weight excluding hydrogens is 268 g/mol. The molecule has 0 aromatic heterocycles. The Labute approximate surface area is 131 Å². The Hall–Kier alpha value is -2.54. The third-order valence-corrected chi connectivity index (χ3v) is 4.22. The fourth-order valence-corrected chi connectivity index (χ4v) is 3.13. The number of hydrogen-bond acceptors (Lipinski definition) is 1. The second-order valence-electron chi connectivity index (χ2n) is 5.85. The lowest BCUT2D eigenvalue weighted by Crippen LogP contribution is -1.90. The second kappa shape index (κ2) is 5.34. The summed E-state index contributed by atoms with van der Waals surface area (Å²) in [6.07, 6.45) is 0.995. The zero-order valence-electron chi connectivity index (χ0n) is 12.7. The number of benzene rings is 3. The summed E-state index contributed by atoms with van der Waals surface area (Å²) in [5.74, 6) is 1.06. The van der Waals surface area contributed by atoms with Crippen molar-refractivity contribution in [2.75, 3.05) is 6.61 Å². The van der Waals surface area contributed by atoms with Gasteiger partial charge in [-0.25, -0.2) is 0 Å². The Morgan fingerprint density at radius 1 is 0.773 bits per heavy atom. The molecule has 1 heteroatoms. The summed E-state index contributed by atoms with van der Waals surface area (Å²) in [6.45, 7) is 2.91. The highest BCUT2D eigenvalue weighted by Gasteiger charge is 2.19. The predicted molar refractivity (Wildman–Crippen MR) is 91.3 cm³/mol. The van der Waals surface area contributed by atoms with Crippen LogP contribution in [0, 0.1) is 6.92 Å². The first-order chi connectivity index (χ1) is 10.8. The van der Waals surface area contributed by atoms with Crippen molar-refractivity contribution in [1.29, 1.82) is 0 Å². The first kappa shape index (κ1) is 13.1. The third-order valence-electron chi connectivity index (χ3n) is 4.22. The highest BCUT2D eigenvalue weighted by molar-refractivity contribution is 5.80. The van der Waals surface area contributed by atoms with Crippen LogP contribution >= 0.6 is 0 Å². The van der Waals surface area contributed by atoms with Crippen LogP contribution in [-0.4, -0.2) is 6.61 Å². The van der Waals surface area contributed by atoms with E-state index >= 15 is 0 Å². The van der Waals surface area contributed by atoms with Crippen LogP contribution in [0.15, 0.2) is 66.7 Å². The van der Waals surface area contributed by atoms with Crippen molar-refractivity contribution in [3.63, 3.8) is 0 Å². The molecule has 3 aromatic rings. The lowest BCUT2D eigenvalue weighted by molar-refractivity contribution is 0.358. The van der Waals surface area contributed by atoms with E-state index in [-0.39, 0.29) is 0 Å². The predicted octanol–water partition coefficient (Wildman–Crippen LogP) is 5.26. The number of hydrogen-bond donors (Lipinski definition) is 0. The Morgan fingerprint density at radius 3 is 2.41 bits per heavy atom. The van der Waals surface area contributed by atoms with Gasteiger partial charge in [-0.1, -0.05) is 60.2 Å². The van der Waals surface area contributed by atoms with Crippen molar-refractivity contribution < 1.29 is 4.74 Å². The van der Waals surface area contributed by atoms with Gasteiger partial charge in [-0.3, -0.25) is 0 Å². The quantitative estimate of drug-likeness (QED) is 0.624. The Kier molecular flexibility index (Phi) is 3.19. The highest BCUT2D eigenvalue weighted by atomic mass is 16.5. The van der Waals surface area contributed by atoms with Gasteiger partial charge >= 0.3 is 0 Å². The van der Waals surface area contributed by atoms with Crippen LogP contribution in [0.25, 0.3) is 22.3 Å². The largest absolute Gasteiger partial charge is 0.492 e. The van der Waals surface area contributed by atoms with E-state index in [1.165, 1.54) is 33.4 Å². The molecule has 4 rings (SSSR count). The van der Waals surface area contributed by atoms with Gasteiger partial charge in [0.25, 0.3) is 0 Å². The van der Waals surface area contributed by atoms with Gasteiger partial charge in [0.1, 0.15) is 5.75 Å². The van der Waals surface area contributed by atoms with Crippen molar-refractivity contribution in [3.05, 3.63) is 77.9 Å². The molecule has 0 atom stereocenters. The molecule has 0 saturated carbocycles. The van der Waals surface area contributed by atoms with Crippen molar-refractivity contribution >= 4 is 0 Å². The molecule has 0 aliphatic carbocycles. The van der Waals surface area contributed by atoms with Gasteiger partial charge in [-0.2, -0.15) is 0 Å². The molecule has 1 heterocycles. The molecular formula is C21H18O. The topological polar surface area (TPSA) is 9.23 Å². The minimum absolute atomic E-state index is 0.784. The molecule has 0 N–H and O–H groups in total. The fourth-order valence-electron chi connectivity index (χ4n) is 3.13. The molecule has 0 saturated heterocycles. The van der Waals surface area contributed by atoms with E-state index in [1.54, 1.807) is 0 Å². The normalized spacial score (nSPS) is 12.8. The van der Waals surface area contributed by atoms with Gasteiger partial charge in [0, 0.05) is 12.0 Å². The lowest BCUT2D eigenvalue weighted by atomic mass is 9.94. The highest BCUT2D eigenvalue weighted by Crippen LogP contribution is 2.40. The maximum absolute atomic E-state index is 5.91. The maximum atomic E-state index is 5.91.